The van der Waals surface area contributed by atoms with E-state index in [-0.39, 0.29) is 0 Å². The second kappa shape index (κ2) is 5.01. The Morgan fingerprint density at radius 2 is 2.16 bits per heavy atom. The van der Waals surface area contributed by atoms with Gasteiger partial charge in [0, 0.05) is 11.1 Å². The molecule has 19 heavy (non-hydrogen) atoms. The molecule has 0 fully saturated rings. The summed E-state index contributed by atoms with van der Waals surface area (Å²) in [6, 6.07) is 7.96. The Morgan fingerprint density at radius 1 is 1.42 bits per heavy atom. The van der Waals surface area contributed by atoms with Crippen molar-refractivity contribution < 1.29 is 9.90 Å². The van der Waals surface area contributed by atoms with Gasteiger partial charge in [0.15, 0.2) is 5.13 Å². The Bertz CT molecular complexity index is 605. The molecule has 100 valence electrons. The Balaban J connectivity index is 2.20. The number of rotatable bonds is 4. The van der Waals surface area contributed by atoms with Crippen molar-refractivity contribution in [3.63, 3.8) is 0 Å². The minimum Gasteiger partial charge on any atom is -0.481 e. The van der Waals surface area contributed by atoms with Gasteiger partial charge in [-0.2, -0.15) is 0 Å². The van der Waals surface area contributed by atoms with Crippen molar-refractivity contribution in [1.29, 1.82) is 0 Å². The molecule has 4 nitrogen and oxygen atoms in total. The predicted molar refractivity (Wildman–Crippen MR) is 77.2 cm³/mol. The first kappa shape index (κ1) is 13.5. The van der Waals surface area contributed by atoms with Gasteiger partial charge in [-0.1, -0.05) is 12.1 Å². The number of carboxylic acid groups (broad SMARTS) is 1. The fourth-order valence-corrected chi connectivity index (χ4v) is 2.47. The highest BCUT2D eigenvalue weighted by molar-refractivity contribution is 7.13. The molecule has 0 saturated carbocycles. The number of benzene rings is 1. The maximum atomic E-state index is 11.2. The highest BCUT2D eigenvalue weighted by Gasteiger charge is 2.32. The molecule has 2 N–H and O–H groups in total. The van der Waals surface area contributed by atoms with Crippen molar-refractivity contribution in [3.05, 3.63) is 40.9 Å². The van der Waals surface area contributed by atoms with Gasteiger partial charge in [0.2, 0.25) is 0 Å². The molecule has 1 aromatic heterocycles. The number of carboxylic acids is 1. The molecule has 0 aliphatic rings. The van der Waals surface area contributed by atoms with Crippen molar-refractivity contribution >= 4 is 28.1 Å². The van der Waals surface area contributed by atoms with E-state index in [0.29, 0.717) is 10.8 Å². The molecule has 0 amide bonds. The van der Waals surface area contributed by atoms with Crippen LogP contribution in [0.3, 0.4) is 0 Å². The minimum atomic E-state index is -0.969. The Morgan fingerprint density at radius 3 is 2.79 bits per heavy atom. The topological polar surface area (TPSA) is 62.2 Å². The number of anilines is 2. The van der Waals surface area contributed by atoms with Gasteiger partial charge in [-0.25, -0.2) is 4.98 Å². The fourth-order valence-electron chi connectivity index (χ4n) is 1.57. The maximum Gasteiger partial charge on any atom is 0.315 e. The van der Waals surface area contributed by atoms with E-state index in [2.05, 4.69) is 10.3 Å². The molecule has 2 aromatic rings. The van der Waals surface area contributed by atoms with Crippen molar-refractivity contribution in [2.45, 2.75) is 26.2 Å². The molecule has 2 rings (SSSR count). The van der Waals surface area contributed by atoms with E-state index < -0.39 is 11.4 Å². The van der Waals surface area contributed by atoms with Gasteiger partial charge >= 0.3 is 5.97 Å². The van der Waals surface area contributed by atoms with E-state index in [9.17, 15) is 9.90 Å². The zero-order chi connectivity index (χ0) is 14.0. The molecule has 0 bridgehead atoms. The number of aliphatic carboxylic acids is 1. The van der Waals surface area contributed by atoms with Crippen LogP contribution in [0.4, 0.5) is 10.8 Å². The van der Waals surface area contributed by atoms with Crippen LogP contribution in [-0.4, -0.2) is 16.1 Å². The van der Waals surface area contributed by atoms with Crippen LogP contribution in [0.1, 0.15) is 25.1 Å². The molecule has 5 heteroatoms. The maximum absolute atomic E-state index is 11.2. The number of hydrogen-bond acceptors (Lipinski definition) is 4. The molecule has 1 aromatic carbocycles. The number of nitrogens with zero attached hydrogens (tertiary/aromatic N) is 1. The highest BCUT2D eigenvalue weighted by Crippen LogP contribution is 2.29. The van der Waals surface area contributed by atoms with Gasteiger partial charge < -0.3 is 10.4 Å². The first-order valence-corrected chi connectivity index (χ1v) is 6.80. The predicted octanol–water partition coefficient (Wildman–Crippen LogP) is 3.56. The second-order valence-corrected chi connectivity index (χ2v) is 5.82. The van der Waals surface area contributed by atoms with E-state index in [4.69, 9.17) is 0 Å². The molecule has 0 saturated heterocycles. The molecule has 0 aliphatic carbocycles. The van der Waals surface area contributed by atoms with Crippen molar-refractivity contribution in [3.8, 4) is 0 Å². The van der Waals surface area contributed by atoms with Crippen LogP contribution in [0.15, 0.2) is 29.6 Å². The lowest BCUT2D eigenvalue weighted by molar-refractivity contribution is -0.142. The lowest BCUT2D eigenvalue weighted by Crippen LogP contribution is -2.28. The summed E-state index contributed by atoms with van der Waals surface area (Å²) in [5.74, 6) is -0.875. The first-order valence-electron chi connectivity index (χ1n) is 5.92. The SMILES string of the molecule is Cc1cccc(Nc2nc(C(C)(C)C(=O)O)cs2)c1. The van der Waals surface area contributed by atoms with Crippen LogP contribution in [-0.2, 0) is 10.2 Å². The minimum absolute atomic E-state index is 0.570. The van der Waals surface area contributed by atoms with Gasteiger partial charge in [0.05, 0.1) is 5.69 Å². The van der Waals surface area contributed by atoms with Crippen LogP contribution in [0.25, 0.3) is 0 Å². The lowest BCUT2D eigenvalue weighted by atomic mass is 9.90. The summed E-state index contributed by atoms with van der Waals surface area (Å²) >= 11 is 1.41. The number of thiazole rings is 1. The summed E-state index contributed by atoms with van der Waals surface area (Å²) < 4.78 is 0. The number of aromatic nitrogens is 1. The van der Waals surface area contributed by atoms with E-state index in [1.165, 1.54) is 11.3 Å². The zero-order valence-electron chi connectivity index (χ0n) is 11.1. The molecule has 0 spiro atoms. The number of aryl methyl sites for hydroxylation is 1. The first-order chi connectivity index (χ1) is 8.89. The van der Waals surface area contributed by atoms with Gasteiger partial charge in [-0.15, -0.1) is 11.3 Å². The second-order valence-electron chi connectivity index (χ2n) is 4.96. The summed E-state index contributed by atoms with van der Waals surface area (Å²) in [5, 5.41) is 14.9. The summed E-state index contributed by atoms with van der Waals surface area (Å²) in [5.41, 5.74) is 1.71. The fraction of sp³-hybridized carbons (Fsp3) is 0.286. The molecule has 0 atom stereocenters. The van der Waals surface area contributed by atoms with Crippen molar-refractivity contribution in [2.75, 3.05) is 5.32 Å². The summed E-state index contributed by atoms with van der Waals surface area (Å²) in [7, 11) is 0. The van der Waals surface area contributed by atoms with Crippen molar-refractivity contribution in [1.82, 2.24) is 4.98 Å². The molecular formula is C14H16N2O2S. The normalized spacial score (nSPS) is 11.3. The van der Waals surface area contributed by atoms with Crippen molar-refractivity contribution in [2.24, 2.45) is 0 Å². The van der Waals surface area contributed by atoms with Gasteiger partial charge in [0.25, 0.3) is 0 Å². The number of hydrogen-bond donors (Lipinski definition) is 2. The molecular weight excluding hydrogens is 260 g/mol. The average Bonchev–Trinajstić information content (AvgIpc) is 2.78. The zero-order valence-corrected chi connectivity index (χ0v) is 11.9. The van der Waals surface area contributed by atoms with Gasteiger partial charge in [-0.05, 0) is 38.5 Å². The van der Waals surface area contributed by atoms with Crippen LogP contribution in [0.2, 0.25) is 0 Å². The van der Waals surface area contributed by atoms with Crippen LogP contribution in [0.5, 0.6) is 0 Å². The summed E-state index contributed by atoms with van der Waals surface area (Å²) in [4.78, 5) is 15.5. The third kappa shape index (κ3) is 2.93. The Labute approximate surface area is 116 Å². The third-order valence-corrected chi connectivity index (χ3v) is 3.71. The molecule has 0 unspecified atom stereocenters. The largest absolute Gasteiger partial charge is 0.481 e. The van der Waals surface area contributed by atoms with E-state index in [1.807, 2.05) is 31.2 Å². The third-order valence-electron chi connectivity index (χ3n) is 2.95. The molecule has 1 heterocycles. The lowest BCUT2D eigenvalue weighted by Gasteiger charge is -2.15. The quantitative estimate of drug-likeness (QED) is 0.896. The van der Waals surface area contributed by atoms with E-state index >= 15 is 0 Å². The van der Waals surface area contributed by atoms with Crippen LogP contribution in [0, 0.1) is 6.92 Å². The molecule has 0 radical (unpaired) electrons. The highest BCUT2D eigenvalue weighted by atomic mass is 32.1. The standard InChI is InChI=1S/C14H16N2O2S/c1-9-5-4-6-10(7-9)15-13-16-11(8-19-13)14(2,3)12(17)18/h4-8H,1-3H3,(H,15,16)(H,17,18). The van der Waals surface area contributed by atoms with Gasteiger partial charge in [-0.3, -0.25) is 4.79 Å². The monoisotopic (exact) mass is 276 g/mol. The summed E-state index contributed by atoms with van der Waals surface area (Å²) in [6.45, 7) is 5.33. The van der Waals surface area contributed by atoms with Gasteiger partial charge in [0.1, 0.15) is 5.41 Å². The van der Waals surface area contributed by atoms with Crippen LogP contribution >= 0.6 is 11.3 Å². The number of carbonyl (C=O) groups is 1. The van der Waals surface area contributed by atoms with E-state index in [1.54, 1.807) is 19.2 Å². The van der Waals surface area contributed by atoms with E-state index in [0.717, 1.165) is 11.3 Å². The average molecular weight is 276 g/mol. The smallest absolute Gasteiger partial charge is 0.315 e. The van der Waals surface area contributed by atoms with Crippen LogP contribution < -0.4 is 5.32 Å². The number of nitrogens with one attached hydrogen (secondary N) is 1. The Hall–Kier alpha value is -1.88. The Kier molecular flexibility index (Phi) is 3.57. The molecule has 0 aliphatic heterocycles. The summed E-state index contributed by atoms with van der Waals surface area (Å²) in [6.07, 6.45) is 0.